The summed E-state index contributed by atoms with van der Waals surface area (Å²) >= 11 is 0. The molecule has 3 heteroatoms. The minimum atomic E-state index is 0.369. The number of hydrogen-bond acceptors (Lipinski definition) is 2. The highest BCUT2D eigenvalue weighted by molar-refractivity contribution is 5.79. The first-order valence-corrected chi connectivity index (χ1v) is 6.31. The molecule has 0 aliphatic heterocycles. The molecular formula is C14H20N2O. The average Bonchev–Trinajstić information content (AvgIpc) is 2.40. The molecule has 3 N–H and O–H groups in total. The molecule has 1 aliphatic carbocycles. The van der Waals surface area contributed by atoms with E-state index in [9.17, 15) is 0 Å². The molecule has 0 amide bonds. The zero-order valence-corrected chi connectivity index (χ0v) is 10.0. The first kappa shape index (κ1) is 12.0. The molecule has 3 nitrogen and oxygen atoms in total. The van der Waals surface area contributed by atoms with Crippen molar-refractivity contribution in [2.75, 3.05) is 0 Å². The van der Waals surface area contributed by atoms with Crippen LogP contribution in [0.2, 0.25) is 0 Å². The second kappa shape index (κ2) is 5.71. The molecule has 1 aromatic rings. The van der Waals surface area contributed by atoms with Gasteiger partial charge in [0.05, 0.1) is 0 Å². The molecule has 0 bridgehead atoms. The summed E-state index contributed by atoms with van der Waals surface area (Å²) in [4.78, 5) is 0. The van der Waals surface area contributed by atoms with Gasteiger partial charge in [-0.1, -0.05) is 35.5 Å². The quantitative estimate of drug-likeness (QED) is 0.364. The second-order valence-electron chi connectivity index (χ2n) is 4.92. The Bertz CT molecular complexity index is 367. The lowest BCUT2D eigenvalue weighted by atomic mass is 9.77. The van der Waals surface area contributed by atoms with Crippen molar-refractivity contribution < 1.29 is 5.21 Å². The minimum Gasteiger partial charge on any atom is -0.409 e. The van der Waals surface area contributed by atoms with Gasteiger partial charge in [0.15, 0.2) is 0 Å². The van der Waals surface area contributed by atoms with Crippen molar-refractivity contribution in [3.8, 4) is 0 Å². The Labute approximate surface area is 102 Å². The van der Waals surface area contributed by atoms with Gasteiger partial charge in [-0.05, 0) is 43.1 Å². The fraction of sp³-hybridized carbons (Fsp3) is 0.500. The molecule has 0 aromatic heterocycles. The third-order valence-electron chi connectivity index (χ3n) is 3.74. The van der Waals surface area contributed by atoms with Gasteiger partial charge in [-0.2, -0.15) is 0 Å². The number of hydrogen-bond donors (Lipinski definition) is 2. The van der Waals surface area contributed by atoms with Gasteiger partial charge >= 0.3 is 0 Å². The van der Waals surface area contributed by atoms with Crippen molar-refractivity contribution >= 4 is 5.84 Å². The van der Waals surface area contributed by atoms with Gasteiger partial charge in [0.1, 0.15) is 5.84 Å². The van der Waals surface area contributed by atoms with Crippen LogP contribution in [0, 0.1) is 5.92 Å². The Balaban J connectivity index is 1.86. The molecule has 0 atom stereocenters. The van der Waals surface area contributed by atoms with Gasteiger partial charge in [-0.3, -0.25) is 0 Å². The topological polar surface area (TPSA) is 58.6 Å². The van der Waals surface area contributed by atoms with Crippen molar-refractivity contribution in [1.29, 1.82) is 0 Å². The lowest BCUT2D eigenvalue weighted by molar-refractivity contribution is 0.305. The fourth-order valence-electron chi connectivity index (χ4n) is 2.76. The van der Waals surface area contributed by atoms with Crippen LogP contribution in [0.5, 0.6) is 0 Å². The van der Waals surface area contributed by atoms with Crippen LogP contribution in [0.3, 0.4) is 0 Å². The van der Waals surface area contributed by atoms with Gasteiger partial charge in [-0.25, -0.2) is 0 Å². The molecule has 1 saturated carbocycles. The molecule has 0 spiro atoms. The van der Waals surface area contributed by atoms with Crippen LogP contribution >= 0.6 is 0 Å². The van der Waals surface area contributed by atoms with E-state index in [1.807, 2.05) is 0 Å². The highest BCUT2D eigenvalue weighted by Gasteiger charge is 2.22. The van der Waals surface area contributed by atoms with Crippen molar-refractivity contribution in [3.05, 3.63) is 35.9 Å². The van der Waals surface area contributed by atoms with Crippen molar-refractivity contribution in [3.63, 3.8) is 0 Å². The normalized spacial score (nSPS) is 25.8. The lowest BCUT2D eigenvalue weighted by Crippen LogP contribution is -2.21. The molecule has 0 unspecified atom stereocenters. The zero-order chi connectivity index (χ0) is 12.1. The maximum absolute atomic E-state index is 8.56. The highest BCUT2D eigenvalue weighted by atomic mass is 16.4. The fourth-order valence-corrected chi connectivity index (χ4v) is 2.76. The molecule has 92 valence electrons. The number of nitrogens with zero attached hydrogens (tertiary/aromatic N) is 1. The first-order valence-electron chi connectivity index (χ1n) is 6.31. The SMILES string of the molecule is NC(CC1CCC(c2ccccc2)CC1)=NO. The first-order chi connectivity index (χ1) is 8.29. The molecule has 1 fully saturated rings. The Morgan fingerprint density at radius 1 is 1.18 bits per heavy atom. The standard InChI is InChI=1S/C14H20N2O/c15-14(16-17)10-11-6-8-13(9-7-11)12-4-2-1-3-5-12/h1-5,11,13,17H,6-10H2,(H2,15,16). The minimum absolute atomic E-state index is 0.369. The summed E-state index contributed by atoms with van der Waals surface area (Å²) < 4.78 is 0. The number of benzene rings is 1. The average molecular weight is 232 g/mol. The summed E-state index contributed by atoms with van der Waals surface area (Å²) in [6.45, 7) is 0. The van der Waals surface area contributed by atoms with E-state index >= 15 is 0 Å². The Hall–Kier alpha value is -1.51. The summed E-state index contributed by atoms with van der Waals surface area (Å²) in [5.41, 5.74) is 7.00. The number of oxime groups is 1. The van der Waals surface area contributed by atoms with Crippen LogP contribution in [0.15, 0.2) is 35.5 Å². The van der Waals surface area contributed by atoms with Gasteiger partial charge < -0.3 is 10.9 Å². The van der Waals surface area contributed by atoms with Crippen LogP contribution < -0.4 is 5.73 Å². The van der Waals surface area contributed by atoms with Gasteiger partial charge in [0.2, 0.25) is 0 Å². The van der Waals surface area contributed by atoms with E-state index in [4.69, 9.17) is 10.9 Å². The third-order valence-corrected chi connectivity index (χ3v) is 3.74. The molecular weight excluding hydrogens is 212 g/mol. The summed E-state index contributed by atoms with van der Waals surface area (Å²) in [5.74, 6) is 1.65. The van der Waals surface area contributed by atoms with Crippen LogP contribution in [0.25, 0.3) is 0 Å². The highest BCUT2D eigenvalue weighted by Crippen LogP contribution is 2.36. The van der Waals surface area contributed by atoms with E-state index in [0.717, 1.165) is 6.42 Å². The van der Waals surface area contributed by atoms with E-state index in [1.165, 1.54) is 31.2 Å². The molecule has 1 aromatic carbocycles. The lowest BCUT2D eigenvalue weighted by Gasteiger charge is -2.28. The van der Waals surface area contributed by atoms with E-state index in [1.54, 1.807) is 0 Å². The summed E-state index contributed by atoms with van der Waals surface area (Å²) in [6, 6.07) is 10.7. The van der Waals surface area contributed by atoms with E-state index < -0.39 is 0 Å². The molecule has 0 radical (unpaired) electrons. The van der Waals surface area contributed by atoms with Gasteiger partial charge in [0.25, 0.3) is 0 Å². The smallest absolute Gasteiger partial charge is 0.139 e. The van der Waals surface area contributed by atoms with E-state index in [0.29, 0.717) is 17.7 Å². The van der Waals surface area contributed by atoms with Crippen molar-refractivity contribution in [2.45, 2.75) is 38.0 Å². The maximum atomic E-state index is 8.56. The van der Waals surface area contributed by atoms with Gasteiger partial charge in [0, 0.05) is 6.42 Å². The van der Waals surface area contributed by atoms with Crippen LogP contribution in [-0.4, -0.2) is 11.0 Å². The largest absolute Gasteiger partial charge is 0.409 e. The Kier molecular flexibility index (Phi) is 4.02. The number of nitrogens with two attached hydrogens (primary N) is 1. The van der Waals surface area contributed by atoms with Crippen molar-refractivity contribution in [2.24, 2.45) is 16.8 Å². The second-order valence-corrected chi connectivity index (χ2v) is 4.92. The number of amidine groups is 1. The van der Waals surface area contributed by atoms with E-state index in [2.05, 4.69) is 35.5 Å². The summed E-state index contributed by atoms with van der Waals surface area (Å²) in [6.07, 6.45) is 5.52. The molecule has 1 aliphatic rings. The monoisotopic (exact) mass is 232 g/mol. The predicted octanol–water partition coefficient (Wildman–Crippen LogP) is 3.10. The molecule has 17 heavy (non-hydrogen) atoms. The summed E-state index contributed by atoms with van der Waals surface area (Å²) in [5, 5.41) is 11.6. The van der Waals surface area contributed by atoms with E-state index in [-0.39, 0.29) is 0 Å². The molecule has 2 rings (SSSR count). The molecule has 0 saturated heterocycles. The van der Waals surface area contributed by atoms with Crippen LogP contribution in [0.4, 0.5) is 0 Å². The Morgan fingerprint density at radius 2 is 1.82 bits per heavy atom. The maximum Gasteiger partial charge on any atom is 0.139 e. The van der Waals surface area contributed by atoms with Crippen molar-refractivity contribution in [1.82, 2.24) is 0 Å². The van der Waals surface area contributed by atoms with Crippen LogP contribution in [0.1, 0.15) is 43.6 Å². The zero-order valence-electron chi connectivity index (χ0n) is 10.0. The molecule has 0 heterocycles. The number of rotatable bonds is 3. The summed E-state index contributed by atoms with van der Waals surface area (Å²) in [7, 11) is 0. The van der Waals surface area contributed by atoms with Crippen LogP contribution in [-0.2, 0) is 0 Å². The van der Waals surface area contributed by atoms with Gasteiger partial charge in [-0.15, -0.1) is 0 Å². The Morgan fingerprint density at radius 3 is 2.41 bits per heavy atom. The predicted molar refractivity (Wildman–Crippen MR) is 69.2 cm³/mol. The third kappa shape index (κ3) is 3.22.